The van der Waals surface area contributed by atoms with Crippen LogP contribution in [0.25, 0.3) is 0 Å². The van der Waals surface area contributed by atoms with Gasteiger partial charge in [0.25, 0.3) is 5.91 Å². The number of carbonyl (C=O) groups is 1. The quantitative estimate of drug-likeness (QED) is 0.859. The van der Waals surface area contributed by atoms with Gasteiger partial charge in [-0.05, 0) is 51.3 Å². The van der Waals surface area contributed by atoms with Crippen molar-refractivity contribution in [3.8, 4) is 0 Å². The second-order valence-electron chi connectivity index (χ2n) is 5.13. The first-order chi connectivity index (χ1) is 8.70. The molecule has 1 aliphatic rings. The van der Waals surface area contributed by atoms with Crippen LogP contribution in [0.3, 0.4) is 0 Å². The molecule has 1 fully saturated rings. The summed E-state index contributed by atoms with van der Waals surface area (Å²) in [6.45, 7) is 1.98. The molecule has 1 saturated carbocycles. The molecule has 1 aliphatic carbocycles. The standard InChI is InChI=1S/C15H22N2O/c1-11-5-3-4-6-14(11)15(18)17-13-9-7-12(16-2)8-10-13/h3-6,12-13,16H,7-10H2,1-2H3,(H,17,18). The Bertz CT molecular complexity index is 409. The molecule has 0 bridgehead atoms. The summed E-state index contributed by atoms with van der Waals surface area (Å²) in [5.74, 6) is 0.0704. The van der Waals surface area contributed by atoms with E-state index in [2.05, 4.69) is 10.6 Å². The monoisotopic (exact) mass is 246 g/mol. The Hall–Kier alpha value is -1.35. The lowest BCUT2D eigenvalue weighted by Crippen LogP contribution is -2.41. The molecule has 2 N–H and O–H groups in total. The second kappa shape index (κ2) is 6.01. The lowest BCUT2D eigenvalue weighted by Gasteiger charge is -2.29. The van der Waals surface area contributed by atoms with Gasteiger partial charge in [-0.2, -0.15) is 0 Å². The summed E-state index contributed by atoms with van der Waals surface area (Å²) in [5, 5.41) is 6.46. The molecule has 3 nitrogen and oxygen atoms in total. The van der Waals surface area contributed by atoms with Gasteiger partial charge in [0, 0.05) is 17.6 Å². The molecule has 0 atom stereocenters. The van der Waals surface area contributed by atoms with Gasteiger partial charge in [-0.3, -0.25) is 4.79 Å². The third-order valence-electron chi connectivity index (χ3n) is 3.86. The zero-order valence-electron chi connectivity index (χ0n) is 11.2. The molecule has 0 spiro atoms. The Kier molecular flexibility index (Phi) is 4.37. The summed E-state index contributed by atoms with van der Waals surface area (Å²) >= 11 is 0. The molecule has 98 valence electrons. The molecule has 1 amide bonds. The van der Waals surface area contributed by atoms with Gasteiger partial charge in [0.05, 0.1) is 0 Å². The Morgan fingerprint density at radius 1 is 1.11 bits per heavy atom. The Morgan fingerprint density at radius 2 is 1.72 bits per heavy atom. The van der Waals surface area contributed by atoms with E-state index in [0.717, 1.165) is 36.8 Å². The Morgan fingerprint density at radius 3 is 2.33 bits per heavy atom. The summed E-state index contributed by atoms with van der Waals surface area (Å²) < 4.78 is 0. The average molecular weight is 246 g/mol. The highest BCUT2D eigenvalue weighted by Crippen LogP contribution is 2.19. The molecule has 0 unspecified atom stereocenters. The minimum absolute atomic E-state index is 0.0704. The summed E-state index contributed by atoms with van der Waals surface area (Å²) in [4.78, 5) is 12.2. The third-order valence-corrected chi connectivity index (χ3v) is 3.86. The molecule has 0 heterocycles. The predicted molar refractivity (Wildman–Crippen MR) is 73.7 cm³/mol. The van der Waals surface area contributed by atoms with E-state index in [9.17, 15) is 4.79 Å². The number of benzene rings is 1. The Balaban J connectivity index is 1.91. The lowest BCUT2D eigenvalue weighted by atomic mass is 9.91. The first-order valence-electron chi connectivity index (χ1n) is 6.74. The van der Waals surface area contributed by atoms with Crippen LogP contribution in [0.1, 0.15) is 41.6 Å². The average Bonchev–Trinajstić information content (AvgIpc) is 2.40. The van der Waals surface area contributed by atoms with Gasteiger partial charge < -0.3 is 10.6 Å². The molecule has 18 heavy (non-hydrogen) atoms. The summed E-state index contributed by atoms with van der Waals surface area (Å²) in [5.41, 5.74) is 1.84. The molecule has 0 aliphatic heterocycles. The highest BCUT2D eigenvalue weighted by molar-refractivity contribution is 5.95. The van der Waals surface area contributed by atoms with E-state index in [-0.39, 0.29) is 5.91 Å². The van der Waals surface area contributed by atoms with Crippen molar-refractivity contribution in [2.75, 3.05) is 7.05 Å². The van der Waals surface area contributed by atoms with Gasteiger partial charge >= 0.3 is 0 Å². The fourth-order valence-corrected chi connectivity index (χ4v) is 2.62. The minimum atomic E-state index is 0.0704. The van der Waals surface area contributed by atoms with E-state index < -0.39 is 0 Å². The minimum Gasteiger partial charge on any atom is -0.349 e. The van der Waals surface area contributed by atoms with Crippen molar-refractivity contribution in [2.24, 2.45) is 0 Å². The molecule has 1 aromatic carbocycles. The van der Waals surface area contributed by atoms with E-state index in [4.69, 9.17) is 0 Å². The number of carbonyl (C=O) groups excluding carboxylic acids is 1. The zero-order chi connectivity index (χ0) is 13.0. The zero-order valence-corrected chi connectivity index (χ0v) is 11.2. The van der Waals surface area contributed by atoms with E-state index in [1.54, 1.807) is 0 Å². The van der Waals surface area contributed by atoms with Crippen molar-refractivity contribution >= 4 is 5.91 Å². The van der Waals surface area contributed by atoms with Crippen molar-refractivity contribution in [2.45, 2.75) is 44.7 Å². The van der Waals surface area contributed by atoms with Crippen LogP contribution in [0.2, 0.25) is 0 Å². The summed E-state index contributed by atoms with van der Waals surface area (Å²) in [7, 11) is 2.01. The van der Waals surface area contributed by atoms with Crippen LogP contribution in [-0.2, 0) is 0 Å². The maximum absolute atomic E-state index is 12.2. The van der Waals surface area contributed by atoms with Gasteiger partial charge in [-0.15, -0.1) is 0 Å². The van der Waals surface area contributed by atoms with Crippen LogP contribution in [0.4, 0.5) is 0 Å². The number of nitrogens with one attached hydrogen (secondary N) is 2. The molecular formula is C15H22N2O. The van der Waals surface area contributed by atoms with E-state index in [0.29, 0.717) is 12.1 Å². The fraction of sp³-hybridized carbons (Fsp3) is 0.533. The maximum Gasteiger partial charge on any atom is 0.251 e. The van der Waals surface area contributed by atoms with Gasteiger partial charge in [0.1, 0.15) is 0 Å². The number of amides is 1. The molecule has 2 rings (SSSR count). The van der Waals surface area contributed by atoms with Gasteiger partial charge in [-0.1, -0.05) is 18.2 Å². The van der Waals surface area contributed by atoms with Gasteiger partial charge in [0.15, 0.2) is 0 Å². The maximum atomic E-state index is 12.2. The van der Waals surface area contributed by atoms with Crippen LogP contribution in [0.5, 0.6) is 0 Å². The topological polar surface area (TPSA) is 41.1 Å². The second-order valence-corrected chi connectivity index (χ2v) is 5.13. The highest BCUT2D eigenvalue weighted by Gasteiger charge is 2.21. The van der Waals surface area contributed by atoms with Gasteiger partial charge in [-0.25, -0.2) is 0 Å². The SMILES string of the molecule is CNC1CCC(NC(=O)c2ccccc2C)CC1. The van der Waals surface area contributed by atoms with Crippen LogP contribution in [0, 0.1) is 6.92 Å². The van der Waals surface area contributed by atoms with Gasteiger partial charge in [0.2, 0.25) is 0 Å². The highest BCUT2D eigenvalue weighted by atomic mass is 16.1. The molecule has 1 aromatic rings. The lowest BCUT2D eigenvalue weighted by molar-refractivity contribution is 0.0924. The largest absolute Gasteiger partial charge is 0.349 e. The van der Waals surface area contributed by atoms with E-state index in [1.165, 1.54) is 0 Å². The normalized spacial score (nSPS) is 23.7. The number of hydrogen-bond donors (Lipinski definition) is 2. The number of aryl methyl sites for hydroxylation is 1. The van der Waals surface area contributed by atoms with E-state index in [1.807, 2.05) is 38.2 Å². The van der Waals surface area contributed by atoms with Crippen LogP contribution in [0.15, 0.2) is 24.3 Å². The predicted octanol–water partition coefficient (Wildman–Crippen LogP) is 2.26. The van der Waals surface area contributed by atoms with Crippen molar-refractivity contribution in [3.05, 3.63) is 35.4 Å². The van der Waals surface area contributed by atoms with E-state index >= 15 is 0 Å². The summed E-state index contributed by atoms with van der Waals surface area (Å²) in [6, 6.07) is 8.71. The van der Waals surface area contributed by atoms with Crippen LogP contribution >= 0.6 is 0 Å². The molecule has 3 heteroatoms. The first kappa shape index (κ1) is 13.1. The van der Waals surface area contributed by atoms with Crippen LogP contribution in [-0.4, -0.2) is 25.0 Å². The number of hydrogen-bond acceptors (Lipinski definition) is 2. The summed E-state index contributed by atoms with van der Waals surface area (Å²) in [6.07, 6.45) is 4.44. The van der Waals surface area contributed by atoms with Crippen molar-refractivity contribution in [1.82, 2.24) is 10.6 Å². The fourth-order valence-electron chi connectivity index (χ4n) is 2.62. The molecule has 0 aromatic heterocycles. The molecule has 0 radical (unpaired) electrons. The Labute approximate surface area is 109 Å². The number of rotatable bonds is 3. The third kappa shape index (κ3) is 3.10. The molecule has 0 saturated heterocycles. The van der Waals surface area contributed by atoms with Crippen molar-refractivity contribution in [3.63, 3.8) is 0 Å². The van der Waals surface area contributed by atoms with Crippen molar-refractivity contribution in [1.29, 1.82) is 0 Å². The molecular weight excluding hydrogens is 224 g/mol. The first-order valence-corrected chi connectivity index (χ1v) is 6.74. The van der Waals surface area contributed by atoms with Crippen molar-refractivity contribution < 1.29 is 4.79 Å². The van der Waals surface area contributed by atoms with Crippen LogP contribution < -0.4 is 10.6 Å². The smallest absolute Gasteiger partial charge is 0.251 e.